The molecule has 3 aromatic carbocycles. The number of esters is 1. The highest BCUT2D eigenvalue weighted by Crippen LogP contribution is 2.20. The largest absolute Gasteiger partial charge is 0.480 e. The number of benzene rings is 3. The van der Waals surface area contributed by atoms with Gasteiger partial charge in [-0.1, -0.05) is 106 Å². The summed E-state index contributed by atoms with van der Waals surface area (Å²) in [5, 5.41) is 12.5. The first-order valence-electron chi connectivity index (χ1n) is 12.9. The molecule has 0 spiro atoms. The standard InChI is InChI=1S/C31H36N2O5/c1-22(2)19-33(20-23(3)30(36)38-21-25-10-6-4-7-11-25)31(37)32-28(29(34)35)18-24-14-16-27(17-15-24)26-12-8-5-9-13-26/h4-17,22-23,28H,18-21H2,1-3H3,(H,32,37)(H,34,35)/t23-,28-/m0/s1. The van der Waals surface area contributed by atoms with Gasteiger partial charge in [-0.25, -0.2) is 9.59 Å². The number of aliphatic carboxylic acids is 1. The van der Waals surface area contributed by atoms with Crippen LogP contribution in [0, 0.1) is 11.8 Å². The van der Waals surface area contributed by atoms with Gasteiger partial charge in [0, 0.05) is 19.5 Å². The molecule has 0 aliphatic heterocycles. The number of ether oxygens (including phenoxy) is 1. The summed E-state index contributed by atoms with van der Waals surface area (Å²) in [5.74, 6) is -1.98. The Morgan fingerprint density at radius 1 is 0.789 bits per heavy atom. The third-order valence-electron chi connectivity index (χ3n) is 6.09. The second-order valence-corrected chi connectivity index (χ2v) is 9.90. The van der Waals surface area contributed by atoms with Crippen LogP contribution < -0.4 is 5.32 Å². The van der Waals surface area contributed by atoms with E-state index in [0.717, 1.165) is 22.3 Å². The highest BCUT2D eigenvalue weighted by Gasteiger charge is 2.27. The highest BCUT2D eigenvalue weighted by atomic mass is 16.5. The number of amides is 2. The molecule has 0 aromatic heterocycles. The lowest BCUT2D eigenvalue weighted by molar-refractivity contribution is -0.149. The Hall–Kier alpha value is -4.13. The zero-order valence-electron chi connectivity index (χ0n) is 22.2. The van der Waals surface area contributed by atoms with E-state index in [-0.39, 0.29) is 25.5 Å². The molecular weight excluding hydrogens is 480 g/mol. The van der Waals surface area contributed by atoms with Gasteiger partial charge in [-0.3, -0.25) is 4.79 Å². The Kier molecular flexibility index (Phi) is 10.5. The van der Waals surface area contributed by atoms with E-state index in [0.29, 0.717) is 6.54 Å². The first kappa shape index (κ1) is 28.4. The van der Waals surface area contributed by atoms with Gasteiger partial charge in [0.25, 0.3) is 0 Å². The fraction of sp³-hybridized carbons (Fsp3) is 0.323. The van der Waals surface area contributed by atoms with Crippen molar-refractivity contribution < 1.29 is 24.2 Å². The van der Waals surface area contributed by atoms with Gasteiger partial charge < -0.3 is 20.1 Å². The summed E-state index contributed by atoms with van der Waals surface area (Å²) in [7, 11) is 0. The molecule has 0 saturated carbocycles. The Morgan fingerprint density at radius 3 is 1.95 bits per heavy atom. The molecule has 7 nitrogen and oxygen atoms in total. The number of rotatable bonds is 12. The average Bonchev–Trinajstić information content (AvgIpc) is 2.92. The third kappa shape index (κ3) is 8.76. The van der Waals surface area contributed by atoms with Gasteiger partial charge in [-0.2, -0.15) is 0 Å². The van der Waals surface area contributed by atoms with Crippen LogP contribution in [0.3, 0.4) is 0 Å². The van der Waals surface area contributed by atoms with Crippen LogP contribution in [0.5, 0.6) is 0 Å². The normalized spacial score (nSPS) is 12.4. The van der Waals surface area contributed by atoms with Crippen LogP contribution in [-0.2, 0) is 27.4 Å². The lowest BCUT2D eigenvalue weighted by atomic mass is 10.0. The average molecular weight is 517 g/mol. The minimum atomic E-state index is -1.12. The number of nitrogens with one attached hydrogen (secondary N) is 1. The van der Waals surface area contributed by atoms with Gasteiger partial charge in [-0.15, -0.1) is 0 Å². The quantitative estimate of drug-likeness (QED) is 0.315. The Morgan fingerprint density at radius 2 is 1.37 bits per heavy atom. The molecule has 2 amide bonds. The van der Waals surface area contributed by atoms with Gasteiger partial charge in [-0.05, 0) is 28.2 Å². The summed E-state index contributed by atoms with van der Waals surface area (Å²) in [6.45, 7) is 6.28. The first-order chi connectivity index (χ1) is 18.2. The number of urea groups is 1. The Balaban J connectivity index is 1.61. The molecule has 0 fully saturated rings. The maximum Gasteiger partial charge on any atom is 0.326 e. The van der Waals surface area contributed by atoms with E-state index in [1.54, 1.807) is 6.92 Å². The van der Waals surface area contributed by atoms with Crippen molar-refractivity contribution in [1.82, 2.24) is 10.2 Å². The third-order valence-corrected chi connectivity index (χ3v) is 6.09. The lowest BCUT2D eigenvalue weighted by Gasteiger charge is -2.28. The number of carbonyl (C=O) groups is 3. The summed E-state index contributed by atoms with van der Waals surface area (Å²) >= 11 is 0. The molecule has 3 rings (SSSR count). The monoisotopic (exact) mass is 516 g/mol. The number of nitrogens with zero attached hydrogens (tertiary/aromatic N) is 1. The van der Waals surface area contributed by atoms with Gasteiger partial charge in [0.2, 0.25) is 0 Å². The molecule has 2 N–H and O–H groups in total. The smallest absolute Gasteiger partial charge is 0.326 e. The highest BCUT2D eigenvalue weighted by molar-refractivity contribution is 5.83. The van der Waals surface area contributed by atoms with Crippen LogP contribution in [-0.4, -0.2) is 47.1 Å². The number of carbonyl (C=O) groups excluding carboxylic acids is 2. The van der Waals surface area contributed by atoms with Crippen molar-refractivity contribution in [2.75, 3.05) is 13.1 Å². The van der Waals surface area contributed by atoms with Crippen LogP contribution in [0.1, 0.15) is 31.9 Å². The summed E-state index contributed by atoms with van der Waals surface area (Å²) in [4.78, 5) is 39.3. The molecule has 38 heavy (non-hydrogen) atoms. The summed E-state index contributed by atoms with van der Waals surface area (Å²) in [5.41, 5.74) is 3.78. The Labute approximate surface area is 224 Å². The van der Waals surface area contributed by atoms with E-state index in [1.165, 1.54) is 4.90 Å². The van der Waals surface area contributed by atoms with Gasteiger partial charge in [0.05, 0.1) is 5.92 Å². The molecule has 3 aromatic rings. The van der Waals surface area contributed by atoms with E-state index < -0.39 is 29.9 Å². The zero-order valence-corrected chi connectivity index (χ0v) is 22.2. The minimum Gasteiger partial charge on any atom is -0.480 e. The maximum absolute atomic E-state index is 13.2. The molecule has 0 aliphatic rings. The van der Waals surface area contributed by atoms with Crippen molar-refractivity contribution in [3.63, 3.8) is 0 Å². The number of hydrogen-bond donors (Lipinski definition) is 2. The molecule has 7 heteroatoms. The molecule has 0 aliphatic carbocycles. The van der Waals surface area contributed by atoms with E-state index in [9.17, 15) is 19.5 Å². The molecule has 0 bridgehead atoms. The van der Waals surface area contributed by atoms with E-state index in [2.05, 4.69) is 5.32 Å². The van der Waals surface area contributed by atoms with Crippen molar-refractivity contribution in [2.24, 2.45) is 11.8 Å². The second kappa shape index (κ2) is 14.0. The van der Waals surface area contributed by atoms with Crippen LogP contribution >= 0.6 is 0 Å². The second-order valence-electron chi connectivity index (χ2n) is 9.90. The lowest BCUT2D eigenvalue weighted by Crippen LogP contribution is -2.51. The number of carboxylic acids is 1. The molecule has 0 saturated heterocycles. The molecule has 200 valence electrons. The van der Waals surface area contributed by atoms with Gasteiger partial charge in [0.1, 0.15) is 12.6 Å². The predicted octanol–water partition coefficient (Wildman–Crippen LogP) is 5.40. The van der Waals surface area contributed by atoms with Crippen molar-refractivity contribution >= 4 is 18.0 Å². The van der Waals surface area contributed by atoms with E-state index in [4.69, 9.17) is 4.74 Å². The van der Waals surface area contributed by atoms with Gasteiger partial charge in [0.15, 0.2) is 0 Å². The van der Waals surface area contributed by atoms with Crippen LogP contribution in [0.25, 0.3) is 11.1 Å². The molecule has 0 heterocycles. The summed E-state index contributed by atoms with van der Waals surface area (Å²) in [6.07, 6.45) is 0.139. The molecule has 0 radical (unpaired) electrons. The molecule has 0 unspecified atom stereocenters. The number of carboxylic acid groups (broad SMARTS) is 1. The SMILES string of the molecule is CC(C)CN(C[C@H](C)C(=O)OCc1ccccc1)C(=O)N[C@@H](Cc1ccc(-c2ccccc2)cc1)C(=O)O. The van der Waals surface area contributed by atoms with Gasteiger partial charge >= 0.3 is 18.0 Å². The summed E-state index contributed by atoms with van der Waals surface area (Å²) in [6, 6.07) is 25.3. The van der Waals surface area contributed by atoms with E-state index >= 15 is 0 Å². The van der Waals surface area contributed by atoms with Crippen molar-refractivity contribution in [2.45, 2.75) is 39.8 Å². The van der Waals surface area contributed by atoms with Crippen molar-refractivity contribution in [3.05, 3.63) is 96.1 Å². The fourth-order valence-corrected chi connectivity index (χ4v) is 4.10. The van der Waals surface area contributed by atoms with Crippen LogP contribution in [0.4, 0.5) is 4.79 Å². The number of hydrogen-bond acceptors (Lipinski definition) is 4. The van der Waals surface area contributed by atoms with Crippen LogP contribution in [0.2, 0.25) is 0 Å². The molecule has 2 atom stereocenters. The predicted molar refractivity (Wildman–Crippen MR) is 147 cm³/mol. The maximum atomic E-state index is 13.2. The topological polar surface area (TPSA) is 95.9 Å². The van der Waals surface area contributed by atoms with Crippen molar-refractivity contribution in [3.8, 4) is 11.1 Å². The summed E-state index contributed by atoms with van der Waals surface area (Å²) < 4.78 is 5.42. The Bertz CT molecular complexity index is 1180. The van der Waals surface area contributed by atoms with Crippen LogP contribution in [0.15, 0.2) is 84.9 Å². The van der Waals surface area contributed by atoms with E-state index in [1.807, 2.05) is 98.8 Å². The molecular formula is C31H36N2O5. The minimum absolute atomic E-state index is 0.121. The fourth-order valence-electron chi connectivity index (χ4n) is 4.10. The first-order valence-corrected chi connectivity index (χ1v) is 12.9. The zero-order chi connectivity index (χ0) is 27.5. The van der Waals surface area contributed by atoms with Crippen molar-refractivity contribution in [1.29, 1.82) is 0 Å².